The number of piperidine rings is 1. The molecule has 150 valence electrons. The van der Waals surface area contributed by atoms with E-state index < -0.39 is 0 Å². The Morgan fingerprint density at radius 3 is 2.96 bits per heavy atom. The molecular weight excluding hydrogens is 419 g/mol. The van der Waals surface area contributed by atoms with Gasteiger partial charge in [0.15, 0.2) is 5.13 Å². The van der Waals surface area contributed by atoms with Crippen LogP contribution in [0.2, 0.25) is 10.0 Å². The topological polar surface area (TPSA) is 74.3 Å². The summed E-state index contributed by atoms with van der Waals surface area (Å²) in [6.07, 6.45) is 2.51. The molecule has 0 saturated carbocycles. The summed E-state index contributed by atoms with van der Waals surface area (Å²) in [6.45, 7) is 3.74. The number of nitrogens with one attached hydrogen (secondary N) is 2. The number of aromatic nitrogens is 1. The fraction of sp³-hybridized carbons (Fsp3) is 0.421. The predicted octanol–water partition coefficient (Wildman–Crippen LogP) is 4.57. The minimum Gasteiger partial charge on any atom is -0.356 e. The standard InChI is InChI=1S/C19H22Cl2N4O2S/c1-2-8-22-17(26)12-5-4-9-25(10-12)18(27)15-11-28-19(24-15)23-14-7-3-6-13(20)16(14)21/h3,6-7,11-12H,2,4-5,8-10H2,1H3,(H,22,26)(H,23,24)/t12-/m0/s1. The average molecular weight is 441 g/mol. The summed E-state index contributed by atoms with van der Waals surface area (Å²) in [7, 11) is 0. The van der Waals surface area contributed by atoms with E-state index >= 15 is 0 Å². The molecule has 28 heavy (non-hydrogen) atoms. The van der Waals surface area contributed by atoms with E-state index in [1.807, 2.05) is 6.92 Å². The Bertz CT molecular complexity index is 858. The van der Waals surface area contributed by atoms with Gasteiger partial charge in [0.05, 0.1) is 21.7 Å². The molecule has 0 spiro atoms. The zero-order valence-electron chi connectivity index (χ0n) is 15.5. The van der Waals surface area contributed by atoms with Crippen LogP contribution in [0.15, 0.2) is 23.6 Å². The molecule has 0 radical (unpaired) electrons. The van der Waals surface area contributed by atoms with Crippen LogP contribution in [0.4, 0.5) is 10.8 Å². The van der Waals surface area contributed by atoms with Crippen LogP contribution in [0.5, 0.6) is 0 Å². The molecule has 1 aliphatic rings. The van der Waals surface area contributed by atoms with Crippen molar-refractivity contribution in [3.63, 3.8) is 0 Å². The van der Waals surface area contributed by atoms with Crippen molar-refractivity contribution in [2.24, 2.45) is 5.92 Å². The van der Waals surface area contributed by atoms with E-state index in [1.54, 1.807) is 28.5 Å². The Kier molecular flexibility index (Phi) is 7.15. The minimum absolute atomic E-state index is 0.0237. The molecule has 1 aromatic heterocycles. The molecule has 2 aromatic rings. The normalized spacial score (nSPS) is 16.7. The number of carbonyl (C=O) groups is 2. The van der Waals surface area contributed by atoms with Gasteiger partial charge in [-0.3, -0.25) is 9.59 Å². The zero-order valence-corrected chi connectivity index (χ0v) is 17.8. The maximum absolute atomic E-state index is 12.8. The van der Waals surface area contributed by atoms with Crippen LogP contribution in [0.3, 0.4) is 0 Å². The smallest absolute Gasteiger partial charge is 0.273 e. The van der Waals surface area contributed by atoms with Crippen LogP contribution < -0.4 is 10.6 Å². The number of carbonyl (C=O) groups excluding carboxylic acids is 2. The third kappa shape index (κ3) is 4.96. The van der Waals surface area contributed by atoms with Crippen molar-refractivity contribution in [3.05, 3.63) is 39.3 Å². The van der Waals surface area contributed by atoms with Gasteiger partial charge in [-0.05, 0) is 31.4 Å². The van der Waals surface area contributed by atoms with Crippen LogP contribution >= 0.6 is 34.5 Å². The third-order valence-electron chi connectivity index (χ3n) is 4.55. The first-order valence-electron chi connectivity index (χ1n) is 9.23. The highest BCUT2D eigenvalue weighted by Crippen LogP contribution is 2.32. The van der Waals surface area contributed by atoms with Gasteiger partial charge >= 0.3 is 0 Å². The maximum Gasteiger partial charge on any atom is 0.273 e. The van der Waals surface area contributed by atoms with Crippen molar-refractivity contribution in [1.82, 2.24) is 15.2 Å². The number of anilines is 2. The Labute approximate surface area is 178 Å². The summed E-state index contributed by atoms with van der Waals surface area (Å²) in [5, 5.41) is 9.14. The van der Waals surface area contributed by atoms with Crippen LogP contribution in [-0.4, -0.2) is 41.3 Å². The molecule has 0 aliphatic carbocycles. The van der Waals surface area contributed by atoms with E-state index in [0.29, 0.717) is 46.2 Å². The molecule has 2 N–H and O–H groups in total. The third-order valence-corrected chi connectivity index (χ3v) is 6.12. The number of rotatable bonds is 6. The van der Waals surface area contributed by atoms with Crippen molar-refractivity contribution < 1.29 is 9.59 Å². The summed E-state index contributed by atoms with van der Waals surface area (Å²) in [5.74, 6) is -0.296. The summed E-state index contributed by atoms with van der Waals surface area (Å²) in [6, 6.07) is 5.28. The largest absolute Gasteiger partial charge is 0.356 e. The van der Waals surface area contributed by atoms with Crippen LogP contribution in [-0.2, 0) is 4.79 Å². The minimum atomic E-state index is -0.161. The van der Waals surface area contributed by atoms with Gasteiger partial charge in [-0.2, -0.15) is 0 Å². The van der Waals surface area contributed by atoms with E-state index in [4.69, 9.17) is 23.2 Å². The van der Waals surface area contributed by atoms with E-state index in [2.05, 4.69) is 15.6 Å². The van der Waals surface area contributed by atoms with Gasteiger partial charge in [-0.25, -0.2) is 4.98 Å². The molecule has 9 heteroatoms. The number of hydrogen-bond donors (Lipinski definition) is 2. The first-order chi connectivity index (χ1) is 13.5. The lowest BCUT2D eigenvalue weighted by molar-refractivity contribution is -0.126. The second kappa shape index (κ2) is 9.58. The average Bonchev–Trinajstić information content (AvgIpc) is 3.17. The van der Waals surface area contributed by atoms with Crippen molar-refractivity contribution in [2.45, 2.75) is 26.2 Å². The molecule has 2 heterocycles. The molecule has 3 rings (SSSR count). The molecule has 0 unspecified atom stereocenters. The van der Waals surface area contributed by atoms with E-state index in [9.17, 15) is 9.59 Å². The van der Waals surface area contributed by atoms with Gasteiger partial charge in [0.1, 0.15) is 5.69 Å². The fourth-order valence-electron chi connectivity index (χ4n) is 3.08. The maximum atomic E-state index is 12.8. The second-order valence-corrected chi connectivity index (χ2v) is 8.29. The highest BCUT2D eigenvalue weighted by Gasteiger charge is 2.29. The summed E-state index contributed by atoms with van der Waals surface area (Å²) < 4.78 is 0. The van der Waals surface area contributed by atoms with Gasteiger partial charge in [-0.15, -0.1) is 11.3 Å². The molecule has 1 saturated heterocycles. The fourth-order valence-corrected chi connectivity index (χ4v) is 4.12. The highest BCUT2D eigenvalue weighted by molar-refractivity contribution is 7.14. The van der Waals surface area contributed by atoms with Crippen LogP contribution in [0.25, 0.3) is 0 Å². The molecule has 0 bridgehead atoms. The van der Waals surface area contributed by atoms with Crippen molar-refractivity contribution >= 4 is 57.2 Å². The molecule has 6 nitrogen and oxygen atoms in total. The first kappa shape index (κ1) is 20.9. The van der Waals surface area contributed by atoms with Gasteiger partial charge in [0.2, 0.25) is 5.91 Å². The zero-order chi connectivity index (χ0) is 20.1. The number of benzene rings is 1. The highest BCUT2D eigenvalue weighted by atomic mass is 35.5. The quantitative estimate of drug-likeness (QED) is 0.689. The first-order valence-corrected chi connectivity index (χ1v) is 10.9. The Morgan fingerprint density at radius 1 is 1.36 bits per heavy atom. The number of nitrogens with zero attached hydrogens (tertiary/aromatic N) is 2. The van der Waals surface area contributed by atoms with E-state index in [1.165, 1.54) is 11.3 Å². The van der Waals surface area contributed by atoms with Gasteiger partial charge in [0, 0.05) is 25.0 Å². The molecule has 1 aromatic carbocycles. The summed E-state index contributed by atoms with van der Waals surface area (Å²) in [4.78, 5) is 31.2. The second-order valence-electron chi connectivity index (χ2n) is 6.65. The molecule has 1 aliphatic heterocycles. The van der Waals surface area contributed by atoms with E-state index in [-0.39, 0.29) is 17.7 Å². The number of halogens is 2. The SMILES string of the molecule is CCCNC(=O)[C@H]1CCCN(C(=O)c2csc(Nc3cccc(Cl)c3Cl)n2)C1. The van der Waals surface area contributed by atoms with Gasteiger partial charge in [0.25, 0.3) is 5.91 Å². The van der Waals surface area contributed by atoms with Gasteiger partial charge in [-0.1, -0.05) is 36.2 Å². The number of amides is 2. The van der Waals surface area contributed by atoms with Crippen molar-refractivity contribution in [3.8, 4) is 0 Å². The number of likely N-dealkylation sites (tertiary alicyclic amines) is 1. The van der Waals surface area contributed by atoms with Crippen LogP contribution in [0, 0.1) is 5.92 Å². The van der Waals surface area contributed by atoms with Gasteiger partial charge < -0.3 is 15.5 Å². The lowest BCUT2D eigenvalue weighted by Crippen LogP contribution is -2.45. The molecular formula is C19H22Cl2N4O2S. The van der Waals surface area contributed by atoms with Crippen molar-refractivity contribution in [1.29, 1.82) is 0 Å². The van der Waals surface area contributed by atoms with E-state index in [0.717, 1.165) is 19.3 Å². The summed E-state index contributed by atoms with van der Waals surface area (Å²) in [5.41, 5.74) is 0.994. The molecule has 1 atom stereocenters. The summed E-state index contributed by atoms with van der Waals surface area (Å²) >= 11 is 13.5. The molecule has 2 amide bonds. The Morgan fingerprint density at radius 2 is 2.18 bits per heavy atom. The molecule has 1 fully saturated rings. The Balaban J connectivity index is 1.65. The monoisotopic (exact) mass is 440 g/mol. The number of thiazole rings is 1. The number of hydrogen-bond acceptors (Lipinski definition) is 5. The lowest BCUT2D eigenvalue weighted by atomic mass is 9.97. The predicted molar refractivity (Wildman–Crippen MR) is 114 cm³/mol. The Hall–Kier alpha value is -1.83. The van der Waals surface area contributed by atoms with Crippen molar-refractivity contribution in [2.75, 3.05) is 25.0 Å². The van der Waals surface area contributed by atoms with Crippen LogP contribution in [0.1, 0.15) is 36.7 Å². The lowest BCUT2D eigenvalue weighted by Gasteiger charge is -2.31.